The fraction of sp³-hybridized carbons (Fsp3) is 0.208. The molecule has 0 aromatic heterocycles. The Hall–Kier alpha value is -2.83. The number of anilines is 1. The highest BCUT2D eigenvalue weighted by molar-refractivity contribution is 7.92. The Balaban J connectivity index is 1.79. The highest BCUT2D eigenvalue weighted by Gasteiger charge is 2.20. The molecule has 0 aliphatic carbocycles. The Labute approximate surface area is 188 Å². The monoisotopic (exact) mass is 456 g/mol. The molecule has 7 heteroatoms. The summed E-state index contributed by atoms with van der Waals surface area (Å²) in [5.41, 5.74) is 2.67. The Kier molecular flexibility index (Phi) is 7.36. The van der Waals surface area contributed by atoms with E-state index in [2.05, 4.69) is 5.32 Å². The first-order valence-corrected chi connectivity index (χ1v) is 12.2. The van der Waals surface area contributed by atoms with Crippen molar-refractivity contribution in [3.8, 4) is 0 Å². The van der Waals surface area contributed by atoms with Crippen LogP contribution in [-0.2, 0) is 16.6 Å². The van der Waals surface area contributed by atoms with E-state index < -0.39 is 10.0 Å². The summed E-state index contributed by atoms with van der Waals surface area (Å²) in [6.07, 6.45) is 1.91. The average molecular weight is 457 g/mol. The number of hydrogen-bond donors (Lipinski definition) is 1. The van der Waals surface area contributed by atoms with E-state index in [0.717, 1.165) is 18.2 Å². The van der Waals surface area contributed by atoms with Crippen molar-refractivity contribution in [2.45, 2.75) is 25.9 Å². The number of sulfonamides is 1. The number of rotatable bonds is 8. The molecule has 0 heterocycles. The number of carbonyl (C=O) groups is 1. The third kappa shape index (κ3) is 5.87. The van der Waals surface area contributed by atoms with Gasteiger partial charge in [0.1, 0.15) is 0 Å². The van der Waals surface area contributed by atoms with Crippen LogP contribution < -0.4 is 9.62 Å². The van der Waals surface area contributed by atoms with Crippen LogP contribution in [0, 0.1) is 0 Å². The molecular weight excluding hydrogens is 432 g/mol. The molecule has 1 unspecified atom stereocenters. The van der Waals surface area contributed by atoms with Gasteiger partial charge in [-0.1, -0.05) is 67.1 Å². The van der Waals surface area contributed by atoms with Crippen molar-refractivity contribution >= 4 is 33.2 Å². The molecule has 31 heavy (non-hydrogen) atoms. The first kappa shape index (κ1) is 22.8. The predicted molar refractivity (Wildman–Crippen MR) is 126 cm³/mol. The zero-order valence-electron chi connectivity index (χ0n) is 17.5. The van der Waals surface area contributed by atoms with Crippen molar-refractivity contribution in [1.29, 1.82) is 0 Å². The van der Waals surface area contributed by atoms with E-state index in [0.29, 0.717) is 21.8 Å². The minimum absolute atomic E-state index is 0.0962. The lowest BCUT2D eigenvalue weighted by Gasteiger charge is -2.23. The fourth-order valence-corrected chi connectivity index (χ4v) is 4.38. The standard InChI is InChI=1S/C24H25ClN2O3S/c1-3-23(18-9-5-4-6-10-18)26-24(28)19-13-15-21(16-14-19)27(31(2,29)30)17-20-11-7-8-12-22(20)25/h4-16,23H,3,17H2,1-2H3,(H,26,28). The summed E-state index contributed by atoms with van der Waals surface area (Å²) in [5, 5.41) is 3.54. The van der Waals surface area contributed by atoms with E-state index in [-0.39, 0.29) is 18.5 Å². The molecule has 3 aromatic rings. The van der Waals surface area contributed by atoms with Gasteiger partial charge in [-0.25, -0.2) is 8.42 Å². The SMILES string of the molecule is CCC(NC(=O)c1ccc(N(Cc2ccccc2Cl)S(C)(=O)=O)cc1)c1ccccc1. The minimum atomic E-state index is -3.55. The van der Waals surface area contributed by atoms with E-state index in [9.17, 15) is 13.2 Å². The summed E-state index contributed by atoms with van der Waals surface area (Å²) in [5.74, 6) is -0.209. The molecule has 0 bridgehead atoms. The van der Waals surface area contributed by atoms with E-state index in [1.54, 1.807) is 42.5 Å². The summed E-state index contributed by atoms with van der Waals surface area (Å²) in [6, 6.07) is 23.3. The van der Waals surface area contributed by atoms with Crippen LogP contribution in [0.5, 0.6) is 0 Å². The Bertz CT molecular complexity index is 1130. The first-order valence-electron chi connectivity index (χ1n) is 9.96. The van der Waals surface area contributed by atoms with Crippen molar-refractivity contribution < 1.29 is 13.2 Å². The number of benzene rings is 3. The Morgan fingerprint density at radius 3 is 2.16 bits per heavy atom. The molecule has 1 amide bonds. The molecule has 0 saturated carbocycles. The van der Waals surface area contributed by atoms with Crippen molar-refractivity contribution in [1.82, 2.24) is 5.32 Å². The summed E-state index contributed by atoms with van der Waals surface area (Å²) >= 11 is 6.21. The number of halogens is 1. The molecule has 162 valence electrons. The highest BCUT2D eigenvalue weighted by atomic mass is 35.5. The molecule has 0 radical (unpaired) electrons. The molecule has 0 spiro atoms. The first-order chi connectivity index (χ1) is 14.8. The van der Waals surface area contributed by atoms with Gasteiger partial charge in [-0.15, -0.1) is 0 Å². The normalized spacial score (nSPS) is 12.2. The second-order valence-electron chi connectivity index (χ2n) is 7.25. The van der Waals surface area contributed by atoms with Crippen LogP contribution in [0.25, 0.3) is 0 Å². The van der Waals surface area contributed by atoms with Gasteiger partial charge in [0.2, 0.25) is 10.0 Å². The van der Waals surface area contributed by atoms with Crippen LogP contribution in [0.15, 0.2) is 78.9 Å². The summed E-state index contributed by atoms with van der Waals surface area (Å²) in [6.45, 7) is 2.12. The molecule has 1 atom stereocenters. The molecule has 3 rings (SSSR count). The summed E-state index contributed by atoms with van der Waals surface area (Å²) < 4.78 is 26.1. The quantitative estimate of drug-likeness (QED) is 0.507. The van der Waals surface area contributed by atoms with Gasteiger partial charge in [-0.3, -0.25) is 9.10 Å². The number of nitrogens with one attached hydrogen (secondary N) is 1. The minimum Gasteiger partial charge on any atom is -0.345 e. The van der Waals surface area contributed by atoms with Gasteiger partial charge >= 0.3 is 0 Å². The smallest absolute Gasteiger partial charge is 0.251 e. The van der Waals surface area contributed by atoms with Crippen LogP contribution >= 0.6 is 11.6 Å². The fourth-order valence-electron chi connectivity index (χ4n) is 3.31. The number of nitrogens with zero attached hydrogens (tertiary/aromatic N) is 1. The van der Waals surface area contributed by atoms with Crippen LogP contribution in [0.4, 0.5) is 5.69 Å². The molecule has 0 fully saturated rings. The van der Waals surface area contributed by atoms with Crippen LogP contribution in [0.1, 0.15) is 40.9 Å². The van der Waals surface area contributed by atoms with Crippen LogP contribution in [0.3, 0.4) is 0 Å². The van der Waals surface area contributed by atoms with Gasteiger partial charge in [0.05, 0.1) is 24.5 Å². The van der Waals surface area contributed by atoms with Crippen molar-refractivity contribution in [3.05, 3.63) is 101 Å². The second kappa shape index (κ2) is 9.98. The van der Waals surface area contributed by atoms with Crippen molar-refractivity contribution in [3.63, 3.8) is 0 Å². The van der Waals surface area contributed by atoms with Gasteiger partial charge in [-0.05, 0) is 47.9 Å². The Morgan fingerprint density at radius 2 is 1.58 bits per heavy atom. The zero-order valence-corrected chi connectivity index (χ0v) is 19.0. The van der Waals surface area contributed by atoms with Gasteiger partial charge in [0.15, 0.2) is 0 Å². The lowest BCUT2D eigenvalue weighted by atomic mass is 10.0. The lowest BCUT2D eigenvalue weighted by Crippen LogP contribution is -2.30. The van der Waals surface area contributed by atoms with Crippen LogP contribution in [0.2, 0.25) is 5.02 Å². The number of amides is 1. The third-order valence-corrected chi connectivity index (χ3v) is 6.51. The Morgan fingerprint density at radius 1 is 0.968 bits per heavy atom. The van der Waals surface area contributed by atoms with Crippen molar-refractivity contribution in [2.24, 2.45) is 0 Å². The maximum atomic E-state index is 12.7. The maximum Gasteiger partial charge on any atom is 0.251 e. The molecule has 0 saturated heterocycles. The zero-order chi connectivity index (χ0) is 22.4. The number of carbonyl (C=O) groups excluding carboxylic acids is 1. The van der Waals surface area contributed by atoms with E-state index in [1.807, 2.05) is 43.3 Å². The second-order valence-corrected chi connectivity index (χ2v) is 9.57. The molecule has 0 aliphatic rings. The molecule has 5 nitrogen and oxygen atoms in total. The summed E-state index contributed by atoms with van der Waals surface area (Å²) in [4.78, 5) is 12.7. The third-order valence-electron chi connectivity index (χ3n) is 5.01. The molecule has 3 aromatic carbocycles. The van der Waals surface area contributed by atoms with Gasteiger partial charge in [0, 0.05) is 10.6 Å². The molecule has 0 aliphatic heterocycles. The van der Waals surface area contributed by atoms with Gasteiger partial charge < -0.3 is 5.32 Å². The van der Waals surface area contributed by atoms with Gasteiger partial charge in [-0.2, -0.15) is 0 Å². The van der Waals surface area contributed by atoms with Crippen LogP contribution in [-0.4, -0.2) is 20.6 Å². The predicted octanol–water partition coefficient (Wildman–Crippen LogP) is 5.19. The topological polar surface area (TPSA) is 66.5 Å². The largest absolute Gasteiger partial charge is 0.345 e. The average Bonchev–Trinajstić information content (AvgIpc) is 2.76. The highest BCUT2D eigenvalue weighted by Crippen LogP contribution is 2.25. The van der Waals surface area contributed by atoms with E-state index in [1.165, 1.54) is 4.31 Å². The molecular formula is C24H25ClN2O3S. The van der Waals surface area contributed by atoms with E-state index >= 15 is 0 Å². The lowest BCUT2D eigenvalue weighted by molar-refractivity contribution is 0.0935. The van der Waals surface area contributed by atoms with Crippen molar-refractivity contribution in [2.75, 3.05) is 10.6 Å². The molecule has 1 N–H and O–H groups in total. The maximum absolute atomic E-state index is 12.7. The van der Waals surface area contributed by atoms with E-state index in [4.69, 9.17) is 11.6 Å². The number of hydrogen-bond acceptors (Lipinski definition) is 3. The summed E-state index contributed by atoms with van der Waals surface area (Å²) in [7, 11) is -3.55. The van der Waals surface area contributed by atoms with Gasteiger partial charge in [0.25, 0.3) is 5.91 Å².